The molecule has 1 unspecified atom stereocenters. The van der Waals surface area contributed by atoms with Crippen LogP contribution in [0.4, 0.5) is 5.82 Å². The third-order valence-corrected chi connectivity index (χ3v) is 3.38. The van der Waals surface area contributed by atoms with Crippen LogP contribution in [-0.4, -0.2) is 38.6 Å². The van der Waals surface area contributed by atoms with Gasteiger partial charge in [-0.3, -0.25) is 14.3 Å². The molecule has 1 aromatic heterocycles. The summed E-state index contributed by atoms with van der Waals surface area (Å²) < 4.78 is 1.59. The zero-order valence-corrected chi connectivity index (χ0v) is 11.8. The maximum atomic E-state index is 12.2. The standard InChI is InChI=1S/C13H20N4O2/c1-13(2,3)17-8-9(7-11(17)18)12(19)15-10-5-6-14-16(10)4/h5-6,9H,7-8H2,1-4H3,(H,15,19). The summed E-state index contributed by atoms with van der Waals surface area (Å²) in [7, 11) is 1.76. The van der Waals surface area contributed by atoms with E-state index in [0.29, 0.717) is 12.4 Å². The molecule has 1 atom stereocenters. The Morgan fingerprint density at radius 3 is 2.63 bits per heavy atom. The van der Waals surface area contributed by atoms with Gasteiger partial charge in [0.1, 0.15) is 5.82 Å². The van der Waals surface area contributed by atoms with Crippen LogP contribution in [0.25, 0.3) is 0 Å². The third kappa shape index (κ3) is 2.77. The van der Waals surface area contributed by atoms with Crippen LogP contribution in [0, 0.1) is 5.92 Å². The Morgan fingerprint density at radius 2 is 2.16 bits per heavy atom. The molecule has 1 aromatic rings. The fourth-order valence-corrected chi connectivity index (χ4v) is 2.26. The van der Waals surface area contributed by atoms with Crippen LogP contribution < -0.4 is 5.32 Å². The summed E-state index contributed by atoms with van der Waals surface area (Å²) in [5, 5.41) is 6.80. The Morgan fingerprint density at radius 1 is 1.47 bits per heavy atom. The van der Waals surface area contributed by atoms with E-state index in [4.69, 9.17) is 0 Å². The first-order valence-electron chi connectivity index (χ1n) is 6.38. The highest BCUT2D eigenvalue weighted by Crippen LogP contribution is 2.26. The predicted octanol–water partition coefficient (Wildman–Crippen LogP) is 1.01. The van der Waals surface area contributed by atoms with Gasteiger partial charge in [0.05, 0.1) is 12.1 Å². The molecule has 0 radical (unpaired) electrons. The summed E-state index contributed by atoms with van der Waals surface area (Å²) >= 11 is 0. The number of hydrogen-bond donors (Lipinski definition) is 1. The molecular weight excluding hydrogens is 244 g/mol. The van der Waals surface area contributed by atoms with Gasteiger partial charge in [-0.25, -0.2) is 0 Å². The predicted molar refractivity (Wildman–Crippen MR) is 71.4 cm³/mol. The smallest absolute Gasteiger partial charge is 0.230 e. The molecule has 6 heteroatoms. The van der Waals surface area contributed by atoms with Gasteiger partial charge < -0.3 is 10.2 Å². The number of hydrogen-bond acceptors (Lipinski definition) is 3. The molecule has 19 heavy (non-hydrogen) atoms. The van der Waals surface area contributed by atoms with E-state index in [1.807, 2.05) is 20.8 Å². The second kappa shape index (κ2) is 4.68. The Hall–Kier alpha value is -1.85. The van der Waals surface area contributed by atoms with Crippen molar-refractivity contribution < 1.29 is 9.59 Å². The quantitative estimate of drug-likeness (QED) is 0.866. The summed E-state index contributed by atoms with van der Waals surface area (Å²) in [6.07, 6.45) is 1.90. The second-order valence-corrected chi connectivity index (χ2v) is 5.91. The number of aromatic nitrogens is 2. The van der Waals surface area contributed by atoms with Gasteiger partial charge in [0.15, 0.2) is 0 Å². The molecule has 0 spiro atoms. The summed E-state index contributed by atoms with van der Waals surface area (Å²) in [4.78, 5) is 25.8. The van der Waals surface area contributed by atoms with E-state index in [9.17, 15) is 9.59 Å². The molecule has 0 aromatic carbocycles. The molecule has 104 valence electrons. The second-order valence-electron chi connectivity index (χ2n) is 5.91. The van der Waals surface area contributed by atoms with Crippen molar-refractivity contribution in [1.82, 2.24) is 14.7 Å². The van der Waals surface area contributed by atoms with Crippen LogP contribution in [-0.2, 0) is 16.6 Å². The van der Waals surface area contributed by atoms with E-state index in [1.54, 1.807) is 28.9 Å². The van der Waals surface area contributed by atoms with E-state index in [2.05, 4.69) is 10.4 Å². The highest BCUT2D eigenvalue weighted by molar-refractivity contribution is 5.96. The number of likely N-dealkylation sites (tertiary alicyclic amines) is 1. The summed E-state index contributed by atoms with van der Waals surface area (Å²) in [6.45, 7) is 6.41. The number of amides is 2. The molecule has 1 aliphatic rings. The molecule has 1 N–H and O–H groups in total. The lowest BCUT2D eigenvalue weighted by Crippen LogP contribution is -2.42. The van der Waals surface area contributed by atoms with E-state index < -0.39 is 0 Å². The minimum absolute atomic E-state index is 0.0395. The highest BCUT2D eigenvalue weighted by atomic mass is 16.2. The van der Waals surface area contributed by atoms with Gasteiger partial charge in [0, 0.05) is 31.6 Å². The Labute approximate surface area is 112 Å². The Bertz CT molecular complexity index is 501. The maximum Gasteiger partial charge on any atom is 0.230 e. The number of anilines is 1. The van der Waals surface area contributed by atoms with Crippen molar-refractivity contribution in [3.8, 4) is 0 Å². The molecule has 0 saturated carbocycles. The molecule has 0 aliphatic carbocycles. The van der Waals surface area contributed by atoms with Gasteiger partial charge in [-0.15, -0.1) is 0 Å². The Balaban J connectivity index is 2.03. The minimum Gasteiger partial charge on any atom is -0.337 e. The number of nitrogens with zero attached hydrogens (tertiary/aromatic N) is 3. The van der Waals surface area contributed by atoms with Crippen molar-refractivity contribution in [2.24, 2.45) is 13.0 Å². The van der Waals surface area contributed by atoms with Crippen LogP contribution in [0.3, 0.4) is 0 Å². The largest absolute Gasteiger partial charge is 0.337 e. The number of aryl methyl sites for hydroxylation is 1. The van der Waals surface area contributed by atoms with E-state index in [-0.39, 0.29) is 29.7 Å². The molecular formula is C13H20N4O2. The first kappa shape index (κ1) is 13.6. The van der Waals surface area contributed by atoms with Crippen molar-refractivity contribution >= 4 is 17.6 Å². The van der Waals surface area contributed by atoms with Crippen molar-refractivity contribution in [3.63, 3.8) is 0 Å². The Kier molecular flexibility index (Phi) is 3.34. The summed E-state index contributed by atoms with van der Waals surface area (Å²) in [5.74, 6) is 0.273. The molecule has 0 bridgehead atoms. The van der Waals surface area contributed by atoms with E-state index in [0.717, 1.165) is 0 Å². The van der Waals surface area contributed by atoms with Crippen LogP contribution in [0.15, 0.2) is 12.3 Å². The van der Waals surface area contributed by atoms with E-state index >= 15 is 0 Å². The highest BCUT2D eigenvalue weighted by Gasteiger charge is 2.39. The SMILES string of the molecule is Cn1nccc1NC(=O)C1CC(=O)N(C(C)(C)C)C1. The molecule has 1 aliphatic heterocycles. The van der Waals surface area contributed by atoms with Crippen LogP contribution in [0.2, 0.25) is 0 Å². The fraction of sp³-hybridized carbons (Fsp3) is 0.615. The van der Waals surface area contributed by atoms with Gasteiger partial charge in [-0.2, -0.15) is 5.10 Å². The first-order chi connectivity index (χ1) is 8.79. The topological polar surface area (TPSA) is 67.2 Å². The number of nitrogens with one attached hydrogen (secondary N) is 1. The summed E-state index contributed by atoms with van der Waals surface area (Å²) in [6, 6.07) is 1.73. The average Bonchev–Trinajstić information content (AvgIpc) is 2.85. The molecule has 6 nitrogen and oxygen atoms in total. The molecule has 1 fully saturated rings. The van der Waals surface area contributed by atoms with Crippen molar-refractivity contribution in [2.45, 2.75) is 32.7 Å². The van der Waals surface area contributed by atoms with Crippen LogP contribution in [0.1, 0.15) is 27.2 Å². The van der Waals surface area contributed by atoms with Gasteiger partial charge >= 0.3 is 0 Å². The van der Waals surface area contributed by atoms with Crippen LogP contribution in [0.5, 0.6) is 0 Å². The normalized spacial score (nSPS) is 19.9. The zero-order chi connectivity index (χ0) is 14.2. The van der Waals surface area contributed by atoms with Crippen LogP contribution >= 0.6 is 0 Å². The van der Waals surface area contributed by atoms with Crippen molar-refractivity contribution in [1.29, 1.82) is 0 Å². The van der Waals surface area contributed by atoms with Gasteiger partial charge in [-0.05, 0) is 20.8 Å². The summed E-state index contributed by atoms with van der Waals surface area (Å²) in [5.41, 5.74) is -0.237. The molecule has 2 rings (SSSR count). The van der Waals surface area contributed by atoms with Crippen molar-refractivity contribution in [3.05, 3.63) is 12.3 Å². The number of rotatable bonds is 2. The lowest BCUT2D eigenvalue weighted by atomic mass is 10.1. The minimum atomic E-state index is -0.290. The third-order valence-electron chi connectivity index (χ3n) is 3.38. The van der Waals surface area contributed by atoms with Gasteiger partial charge in [-0.1, -0.05) is 0 Å². The average molecular weight is 264 g/mol. The maximum absolute atomic E-state index is 12.2. The monoisotopic (exact) mass is 264 g/mol. The zero-order valence-electron chi connectivity index (χ0n) is 11.8. The lowest BCUT2D eigenvalue weighted by Gasteiger charge is -2.31. The molecule has 1 saturated heterocycles. The van der Waals surface area contributed by atoms with Gasteiger partial charge in [0.2, 0.25) is 11.8 Å². The van der Waals surface area contributed by atoms with Gasteiger partial charge in [0.25, 0.3) is 0 Å². The van der Waals surface area contributed by atoms with E-state index in [1.165, 1.54) is 0 Å². The molecule has 2 amide bonds. The molecule has 2 heterocycles. The fourth-order valence-electron chi connectivity index (χ4n) is 2.26. The number of carbonyl (C=O) groups excluding carboxylic acids is 2. The first-order valence-corrected chi connectivity index (χ1v) is 6.38. The van der Waals surface area contributed by atoms with Crippen molar-refractivity contribution in [2.75, 3.05) is 11.9 Å². The lowest BCUT2D eigenvalue weighted by molar-refractivity contribution is -0.131. The number of carbonyl (C=O) groups is 2.